The van der Waals surface area contributed by atoms with Crippen LogP contribution in [0, 0.1) is 10.1 Å². The molecule has 0 fully saturated rings. The van der Waals surface area contributed by atoms with Gasteiger partial charge in [-0.1, -0.05) is 24.3 Å². The van der Waals surface area contributed by atoms with E-state index < -0.39 is 16.5 Å². The number of para-hydroxylation sites is 2. The molecule has 5 rings (SSSR count). The van der Waals surface area contributed by atoms with E-state index in [1.54, 1.807) is 48.5 Å². The lowest BCUT2D eigenvalue weighted by atomic mass is 10.1. The molecule has 216 valence electrons. The Hall–Kier alpha value is -6.04. The predicted octanol–water partition coefficient (Wildman–Crippen LogP) is 5.10. The van der Waals surface area contributed by atoms with Gasteiger partial charge in [0.2, 0.25) is 5.75 Å². The topological polar surface area (TPSA) is 144 Å². The number of hydrogen-bond acceptors (Lipinski definition) is 10. The highest BCUT2D eigenvalue weighted by atomic mass is 16.6. The van der Waals surface area contributed by atoms with Gasteiger partial charge in [-0.25, -0.2) is 9.78 Å². The smallest absolute Gasteiger partial charge is 0.343 e. The molecule has 0 aliphatic heterocycles. The van der Waals surface area contributed by atoms with E-state index in [9.17, 15) is 19.7 Å². The van der Waals surface area contributed by atoms with Gasteiger partial charge in [-0.05, 0) is 48.5 Å². The van der Waals surface area contributed by atoms with E-state index in [4.69, 9.17) is 18.9 Å². The number of hydrogen-bond donors (Lipinski definition) is 0. The van der Waals surface area contributed by atoms with E-state index in [1.165, 1.54) is 63.9 Å². The van der Waals surface area contributed by atoms with Gasteiger partial charge >= 0.3 is 5.97 Å². The van der Waals surface area contributed by atoms with Crippen molar-refractivity contribution in [3.63, 3.8) is 0 Å². The molecule has 5 aromatic rings. The summed E-state index contributed by atoms with van der Waals surface area (Å²) in [4.78, 5) is 41.9. The number of esters is 1. The highest BCUT2D eigenvalue weighted by Gasteiger charge is 2.19. The van der Waals surface area contributed by atoms with Gasteiger partial charge in [0.05, 0.1) is 48.9 Å². The van der Waals surface area contributed by atoms with Gasteiger partial charge in [-0.15, -0.1) is 0 Å². The van der Waals surface area contributed by atoms with Crippen molar-refractivity contribution in [3.8, 4) is 34.4 Å². The number of ether oxygens (including phenoxy) is 4. The van der Waals surface area contributed by atoms with Crippen molar-refractivity contribution < 1.29 is 28.7 Å². The Labute approximate surface area is 244 Å². The third-order valence-corrected chi connectivity index (χ3v) is 6.42. The van der Waals surface area contributed by atoms with Crippen LogP contribution in [0.4, 0.5) is 5.69 Å². The predicted molar refractivity (Wildman–Crippen MR) is 159 cm³/mol. The summed E-state index contributed by atoms with van der Waals surface area (Å²) in [6, 6.07) is 22.0. The maximum atomic E-state index is 13.5. The zero-order chi connectivity index (χ0) is 30.5. The van der Waals surface area contributed by atoms with Gasteiger partial charge < -0.3 is 18.9 Å². The summed E-state index contributed by atoms with van der Waals surface area (Å²) >= 11 is 0. The van der Waals surface area contributed by atoms with Gasteiger partial charge in [0.1, 0.15) is 5.75 Å². The van der Waals surface area contributed by atoms with E-state index in [0.29, 0.717) is 27.8 Å². The molecule has 0 saturated carbocycles. The highest BCUT2D eigenvalue weighted by Crippen LogP contribution is 2.38. The van der Waals surface area contributed by atoms with Crippen molar-refractivity contribution in [1.82, 2.24) is 9.66 Å². The number of carbonyl (C=O) groups excluding carboxylic acids is 1. The second-order valence-electron chi connectivity index (χ2n) is 8.96. The van der Waals surface area contributed by atoms with Crippen LogP contribution in [0.1, 0.15) is 15.9 Å². The van der Waals surface area contributed by atoms with Crippen molar-refractivity contribution >= 4 is 28.8 Å². The molecule has 0 radical (unpaired) electrons. The summed E-state index contributed by atoms with van der Waals surface area (Å²) in [5, 5.41) is 15.9. The molecular formula is C31H24N4O8. The number of rotatable bonds is 9. The average molecular weight is 581 g/mol. The van der Waals surface area contributed by atoms with Crippen LogP contribution < -0.4 is 24.5 Å². The first-order valence-electron chi connectivity index (χ1n) is 12.8. The van der Waals surface area contributed by atoms with Crippen molar-refractivity contribution in [3.05, 3.63) is 117 Å². The number of benzene rings is 4. The van der Waals surface area contributed by atoms with Crippen LogP contribution in [0.3, 0.4) is 0 Å². The minimum Gasteiger partial charge on any atom is -0.493 e. The van der Waals surface area contributed by atoms with Gasteiger partial charge in [0.15, 0.2) is 17.3 Å². The second kappa shape index (κ2) is 12.2. The fourth-order valence-corrected chi connectivity index (χ4v) is 4.31. The van der Waals surface area contributed by atoms with Crippen molar-refractivity contribution in [2.75, 3.05) is 21.3 Å². The minimum atomic E-state index is -0.698. The van der Waals surface area contributed by atoms with E-state index in [2.05, 4.69) is 10.1 Å². The van der Waals surface area contributed by atoms with Crippen LogP contribution >= 0.6 is 0 Å². The van der Waals surface area contributed by atoms with Crippen LogP contribution in [-0.4, -0.2) is 48.1 Å². The average Bonchev–Trinajstić information content (AvgIpc) is 3.04. The fraction of sp³-hybridized carbons (Fsp3) is 0.0968. The summed E-state index contributed by atoms with van der Waals surface area (Å²) in [5.41, 5.74) is 0.848. The van der Waals surface area contributed by atoms with Crippen LogP contribution in [0.5, 0.6) is 23.0 Å². The number of fused-ring (bicyclic) bond motifs is 1. The van der Waals surface area contributed by atoms with Gasteiger partial charge in [-0.3, -0.25) is 14.9 Å². The van der Waals surface area contributed by atoms with Crippen LogP contribution in [0.25, 0.3) is 22.3 Å². The maximum Gasteiger partial charge on any atom is 0.343 e. The van der Waals surface area contributed by atoms with Gasteiger partial charge in [-0.2, -0.15) is 9.78 Å². The molecule has 1 heterocycles. The van der Waals surface area contributed by atoms with E-state index in [1.807, 2.05) is 0 Å². The first kappa shape index (κ1) is 28.5. The first-order valence-corrected chi connectivity index (χ1v) is 12.8. The molecule has 43 heavy (non-hydrogen) atoms. The monoisotopic (exact) mass is 580 g/mol. The highest BCUT2D eigenvalue weighted by molar-refractivity contribution is 5.94. The first-order chi connectivity index (χ1) is 20.8. The lowest BCUT2D eigenvalue weighted by Gasteiger charge is -2.14. The molecule has 12 nitrogen and oxygen atoms in total. The Morgan fingerprint density at radius 2 is 1.53 bits per heavy atom. The molecular weight excluding hydrogens is 556 g/mol. The van der Waals surface area contributed by atoms with Crippen LogP contribution in [0.2, 0.25) is 0 Å². The van der Waals surface area contributed by atoms with Crippen molar-refractivity contribution in [1.29, 1.82) is 0 Å². The maximum absolute atomic E-state index is 13.5. The number of carbonyl (C=O) groups is 1. The number of nitro groups is 1. The SMILES string of the molecule is COc1cc(C(=O)Oc2ccccc2C=Nn2c(-c3ccc([N+](=O)[O-])cc3)nc3ccccc3c2=O)cc(OC)c1OC. The summed E-state index contributed by atoms with van der Waals surface area (Å²) in [7, 11) is 4.33. The molecule has 1 aromatic heterocycles. The van der Waals surface area contributed by atoms with Crippen LogP contribution in [0.15, 0.2) is 94.8 Å². The number of aromatic nitrogens is 2. The Morgan fingerprint density at radius 3 is 2.19 bits per heavy atom. The molecule has 0 amide bonds. The third kappa shape index (κ3) is 5.75. The standard InChI is InChI=1S/C31H24N4O8/c1-40-26-16-21(17-27(41-2)28(26)42-3)31(37)43-25-11-7-4-8-20(25)18-32-34-29(19-12-14-22(15-13-19)35(38)39)33-24-10-6-5-9-23(24)30(34)36/h4-18H,1-3H3. The number of nitro benzene ring substituents is 1. The molecule has 0 aliphatic carbocycles. The third-order valence-electron chi connectivity index (χ3n) is 6.42. The molecule has 4 aromatic carbocycles. The summed E-state index contributed by atoms with van der Waals surface area (Å²) < 4.78 is 22.8. The van der Waals surface area contributed by atoms with E-state index >= 15 is 0 Å². The quantitative estimate of drug-likeness (QED) is 0.0764. The van der Waals surface area contributed by atoms with Gasteiger partial charge in [0.25, 0.3) is 11.2 Å². The molecule has 0 unspecified atom stereocenters. The van der Waals surface area contributed by atoms with E-state index in [-0.39, 0.29) is 34.3 Å². The largest absolute Gasteiger partial charge is 0.493 e. The zero-order valence-corrected chi connectivity index (χ0v) is 23.2. The summed E-state index contributed by atoms with van der Waals surface area (Å²) in [6.07, 6.45) is 1.37. The lowest BCUT2D eigenvalue weighted by Crippen LogP contribution is -2.20. The van der Waals surface area contributed by atoms with Crippen molar-refractivity contribution in [2.24, 2.45) is 5.10 Å². The number of methoxy groups -OCH3 is 3. The Bertz CT molecular complexity index is 1910. The molecule has 0 bridgehead atoms. The van der Waals surface area contributed by atoms with Crippen molar-refractivity contribution in [2.45, 2.75) is 0 Å². The number of non-ortho nitro benzene ring substituents is 1. The normalized spacial score (nSPS) is 11.0. The Morgan fingerprint density at radius 1 is 0.884 bits per heavy atom. The lowest BCUT2D eigenvalue weighted by molar-refractivity contribution is -0.384. The molecule has 0 N–H and O–H groups in total. The van der Waals surface area contributed by atoms with E-state index in [0.717, 1.165) is 4.68 Å². The number of nitrogens with zero attached hydrogens (tertiary/aromatic N) is 4. The zero-order valence-electron chi connectivity index (χ0n) is 23.2. The van der Waals surface area contributed by atoms with Gasteiger partial charge in [0, 0.05) is 23.3 Å². The Kier molecular flexibility index (Phi) is 8.10. The molecule has 12 heteroatoms. The minimum absolute atomic E-state index is 0.107. The summed E-state index contributed by atoms with van der Waals surface area (Å²) in [5.74, 6) is 0.533. The summed E-state index contributed by atoms with van der Waals surface area (Å²) in [6.45, 7) is 0. The molecule has 0 aliphatic rings. The Balaban J connectivity index is 1.54. The fourth-order valence-electron chi connectivity index (χ4n) is 4.31. The molecule has 0 spiro atoms. The molecule has 0 atom stereocenters. The second-order valence-corrected chi connectivity index (χ2v) is 8.96. The van der Waals surface area contributed by atoms with Crippen LogP contribution in [-0.2, 0) is 0 Å². The molecule has 0 saturated heterocycles.